The molecule has 1 aromatic heterocycles. The first-order chi connectivity index (χ1) is 5.89. The van der Waals surface area contributed by atoms with Crippen LogP contribution >= 0.6 is 10.7 Å². The summed E-state index contributed by atoms with van der Waals surface area (Å²) in [5, 5.41) is 9.98. The highest BCUT2D eigenvalue weighted by Gasteiger charge is 2.17. The molecule has 8 heteroatoms. The van der Waals surface area contributed by atoms with Gasteiger partial charge in [0.05, 0.1) is 6.54 Å². The highest BCUT2D eigenvalue weighted by atomic mass is 35.7. The molecule has 6 nitrogen and oxygen atoms in total. The van der Waals surface area contributed by atoms with Crippen LogP contribution in [-0.4, -0.2) is 28.6 Å². The zero-order valence-corrected chi connectivity index (χ0v) is 8.75. The minimum atomic E-state index is -3.85. The molecule has 0 bridgehead atoms. The van der Waals surface area contributed by atoms with Crippen LogP contribution in [-0.2, 0) is 15.6 Å². The minimum Gasteiger partial charge on any atom is -0.203 e. The molecule has 0 N–H and O–H groups in total. The first-order valence-corrected chi connectivity index (χ1v) is 5.93. The molecular formula is C5H9ClN4O2S. The Hall–Kier alpha value is -0.690. The quantitative estimate of drug-likeness (QED) is 0.688. The van der Waals surface area contributed by atoms with Crippen molar-refractivity contribution in [3.05, 3.63) is 0 Å². The molecule has 0 radical (unpaired) electrons. The van der Waals surface area contributed by atoms with Crippen LogP contribution in [0.15, 0.2) is 5.16 Å². The summed E-state index contributed by atoms with van der Waals surface area (Å²) in [6.07, 6.45) is 0. The molecule has 1 rings (SSSR count). The summed E-state index contributed by atoms with van der Waals surface area (Å²) in [6, 6.07) is 0. The number of tetrazole rings is 1. The topological polar surface area (TPSA) is 77.7 Å². The summed E-state index contributed by atoms with van der Waals surface area (Å²) in [5.41, 5.74) is 0. The van der Waals surface area contributed by atoms with Gasteiger partial charge in [0.2, 0.25) is 0 Å². The molecule has 1 heterocycles. The van der Waals surface area contributed by atoms with Crippen molar-refractivity contribution >= 4 is 19.7 Å². The Morgan fingerprint density at radius 2 is 2.15 bits per heavy atom. The summed E-state index contributed by atoms with van der Waals surface area (Å²) in [6.45, 7) is 4.43. The van der Waals surface area contributed by atoms with E-state index in [4.69, 9.17) is 10.7 Å². The van der Waals surface area contributed by atoms with Crippen LogP contribution < -0.4 is 0 Å². The Kier molecular flexibility index (Phi) is 2.87. The van der Waals surface area contributed by atoms with Crippen LogP contribution in [0.3, 0.4) is 0 Å². The van der Waals surface area contributed by atoms with Crippen molar-refractivity contribution in [3.8, 4) is 0 Å². The predicted octanol–water partition coefficient (Wildman–Crippen LogP) is 0.257. The fourth-order valence-electron chi connectivity index (χ4n) is 0.730. The second-order valence-electron chi connectivity index (χ2n) is 2.96. The Morgan fingerprint density at radius 3 is 2.54 bits per heavy atom. The van der Waals surface area contributed by atoms with E-state index in [-0.39, 0.29) is 0 Å². The molecule has 0 saturated heterocycles. The van der Waals surface area contributed by atoms with Gasteiger partial charge in [0.25, 0.3) is 9.05 Å². The molecule has 0 aliphatic rings. The number of hydrogen-bond donors (Lipinski definition) is 0. The van der Waals surface area contributed by atoms with Gasteiger partial charge in [0.1, 0.15) is 0 Å². The largest absolute Gasteiger partial charge is 0.303 e. The fourth-order valence-corrected chi connectivity index (χ4v) is 1.24. The number of halogens is 1. The van der Waals surface area contributed by atoms with Gasteiger partial charge >= 0.3 is 5.16 Å². The highest BCUT2D eigenvalue weighted by Crippen LogP contribution is 2.06. The molecule has 0 aliphatic heterocycles. The zero-order chi connectivity index (χ0) is 10.1. The van der Waals surface area contributed by atoms with E-state index in [9.17, 15) is 8.42 Å². The standard InChI is InChI=1S/C5H9ClN4O2S/c1-4(2)3-10-8-5(7-9-10)13(6,11)12/h4H,3H2,1-2H3. The summed E-state index contributed by atoms with van der Waals surface area (Å²) >= 11 is 0. The lowest BCUT2D eigenvalue weighted by atomic mass is 10.2. The zero-order valence-electron chi connectivity index (χ0n) is 7.18. The Bertz CT molecular complexity index is 385. The van der Waals surface area contributed by atoms with Crippen LogP contribution in [0.1, 0.15) is 13.8 Å². The predicted molar refractivity (Wildman–Crippen MR) is 45.7 cm³/mol. The van der Waals surface area contributed by atoms with Gasteiger partial charge < -0.3 is 0 Å². The van der Waals surface area contributed by atoms with Gasteiger partial charge in [-0.15, -0.1) is 5.10 Å². The van der Waals surface area contributed by atoms with Crippen LogP contribution in [0.25, 0.3) is 0 Å². The third-order valence-electron chi connectivity index (χ3n) is 1.18. The van der Waals surface area contributed by atoms with Crippen molar-refractivity contribution in [2.75, 3.05) is 0 Å². The van der Waals surface area contributed by atoms with Crippen molar-refractivity contribution in [3.63, 3.8) is 0 Å². The lowest BCUT2D eigenvalue weighted by Crippen LogP contribution is -2.08. The molecule has 0 spiro atoms. The van der Waals surface area contributed by atoms with Crippen molar-refractivity contribution in [2.24, 2.45) is 5.92 Å². The van der Waals surface area contributed by atoms with Crippen molar-refractivity contribution in [1.82, 2.24) is 20.2 Å². The lowest BCUT2D eigenvalue weighted by Gasteiger charge is -1.99. The molecule has 0 saturated carbocycles. The minimum absolute atomic E-state index is 0.320. The number of rotatable bonds is 3. The van der Waals surface area contributed by atoms with Gasteiger partial charge in [-0.3, -0.25) is 0 Å². The van der Waals surface area contributed by atoms with Crippen molar-refractivity contribution in [1.29, 1.82) is 0 Å². The normalized spacial score (nSPS) is 12.3. The second-order valence-corrected chi connectivity index (χ2v) is 5.42. The molecule has 13 heavy (non-hydrogen) atoms. The lowest BCUT2D eigenvalue weighted by molar-refractivity contribution is 0.426. The maximum Gasteiger partial charge on any atom is 0.303 e. The van der Waals surface area contributed by atoms with E-state index in [1.165, 1.54) is 4.80 Å². The number of aromatic nitrogens is 4. The number of nitrogens with zero attached hydrogens (tertiary/aromatic N) is 4. The molecule has 0 unspecified atom stereocenters. The van der Waals surface area contributed by atoms with E-state index in [0.29, 0.717) is 12.5 Å². The smallest absolute Gasteiger partial charge is 0.203 e. The first-order valence-electron chi connectivity index (χ1n) is 3.62. The summed E-state index contributed by atoms with van der Waals surface area (Å²) in [5.74, 6) is 0.320. The monoisotopic (exact) mass is 224 g/mol. The van der Waals surface area contributed by atoms with Crippen LogP contribution in [0.2, 0.25) is 0 Å². The van der Waals surface area contributed by atoms with E-state index < -0.39 is 14.2 Å². The maximum atomic E-state index is 10.7. The third kappa shape index (κ3) is 2.92. The van der Waals surface area contributed by atoms with Crippen molar-refractivity contribution < 1.29 is 8.42 Å². The molecule has 0 amide bonds. The molecule has 0 aliphatic carbocycles. The van der Waals surface area contributed by atoms with Gasteiger partial charge in [0, 0.05) is 10.7 Å². The molecular weight excluding hydrogens is 216 g/mol. The van der Waals surface area contributed by atoms with Gasteiger partial charge in [0.15, 0.2) is 0 Å². The Morgan fingerprint density at radius 1 is 1.54 bits per heavy atom. The third-order valence-corrected chi connectivity index (χ3v) is 2.19. The SMILES string of the molecule is CC(C)Cn1nnc(S(=O)(=O)Cl)n1. The summed E-state index contributed by atoms with van der Waals surface area (Å²) in [4.78, 5) is 1.21. The van der Waals surface area contributed by atoms with Crippen molar-refractivity contribution in [2.45, 2.75) is 25.5 Å². The van der Waals surface area contributed by atoms with E-state index >= 15 is 0 Å². The first kappa shape index (κ1) is 10.4. The van der Waals surface area contributed by atoms with E-state index in [1.54, 1.807) is 0 Å². The van der Waals surface area contributed by atoms with Crippen LogP contribution in [0.5, 0.6) is 0 Å². The van der Waals surface area contributed by atoms with Crippen LogP contribution in [0, 0.1) is 5.92 Å². The number of hydrogen-bond acceptors (Lipinski definition) is 5. The van der Waals surface area contributed by atoms with E-state index in [0.717, 1.165) is 0 Å². The van der Waals surface area contributed by atoms with E-state index in [2.05, 4.69) is 15.4 Å². The molecule has 0 fully saturated rings. The van der Waals surface area contributed by atoms with Gasteiger partial charge in [-0.05, 0) is 11.1 Å². The molecule has 0 atom stereocenters. The summed E-state index contributed by atoms with van der Waals surface area (Å²) < 4.78 is 21.4. The average Bonchev–Trinajstić information content (AvgIpc) is 2.32. The van der Waals surface area contributed by atoms with E-state index in [1.807, 2.05) is 13.8 Å². The van der Waals surface area contributed by atoms with Gasteiger partial charge in [-0.2, -0.15) is 4.80 Å². The van der Waals surface area contributed by atoms with Gasteiger partial charge in [-0.25, -0.2) is 8.42 Å². The summed E-state index contributed by atoms with van der Waals surface area (Å²) in [7, 11) is 1.15. The Balaban J connectivity index is 2.88. The fraction of sp³-hybridized carbons (Fsp3) is 0.800. The molecule has 0 aromatic carbocycles. The molecule has 1 aromatic rings. The highest BCUT2D eigenvalue weighted by molar-refractivity contribution is 8.13. The second kappa shape index (κ2) is 3.59. The Labute approximate surface area is 80.3 Å². The molecule has 74 valence electrons. The van der Waals surface area contributed by atoms with Gasteiger partial charge in [-0.1, -0.05) is 18.9 Å². The average molecular weight is 225 g/mol. The maximum absolute atomic E-state index is 10.7. The van der Waals surface area contributed by atoms with Crippen LogP contribution in [0.4, 0.5) is 0 Å².